The van der Waals surface area contributed by atoms with E-state index >= 15 is 0 Å². The maximum Gasteiger partial charge on any atom is 0.264 e. The molecule has 0 bridgehead atoms. The SMILES string of the molecule is CC1N(c2ccc(C#N)c(Cl)c2)CCC12CCN(c1ccc(N3CCC(CN4CCC(n5nc(N6CCCc7cc(-c8cnn(C)c8)c(C(F)F)cc76)c6c5CCN(C)C6)CC4)CC3)cc1)CC2.CC=O. The molecule has 0 N–H and O–H groups in total. The Balaban J connectivity index is 0.00000189. The molecule has 4 fully saturated rings. The number of carbonyl (C=O) groups excluding carboxylic acids is 1. The van der Waals surface area contributed by atoms with Crippen molar-refractivity contribution in [1.29, 1.82) is 5.26 Å². The van der Waals surface area contributed by atoms with Crippen molar-refractivity contribution in [2.24, 2.45) is 18.4 Å². The molecular formula is C56H70ClF2N11O. The number of anilines is 5. The summed E-state index contributed by atoms with van der Waals surface area (Å²) >= 11 is 6.43. The number of rotatable bonds is 9. The molecule has 15 heteroatoms. The molecule has 0 amide bonds. The Morgan fingerprint density at radius 3 is 2.18 bits per heavy atom. The van der Waals surface area contributed by atoms with Gasteiger partial charge in [-0.2, -0.15) is 15.5 Å². The van der Waals surface area contributed by atoms with Gasteiger partial charge in [-0.1, -0.05) is 11.6 Å². The molecule has 1 spiro atoms. The van der Waals surface area contributed by atoms with Gasteiger partial charge in [-0.3, -0.25) is 9.36 Å². The van der Waals surface area contributed by atoms with Crippen LogP contribution in [0.15, 0.2) is 67.0 Å². The molecule has 3 aromatic carbocycles. The first kappa shape index (κ1) is 49.1. The predicted octanol–water partition coefficient (Wildman–Crippen LogP) is 10.5. The molecule has 4 saturated heterocycles. The summed E-state index contributed by atoms with van der Waals surface area (Å²) in [7, 11) is 4.00. The third kappa shape index (κ3) is 9.91. The Kier molecular flexibility index (Phi) is 14.5. The van der Waals surface area contributed by atoms with E-state index in [-0.39, 0.29) is 5.56 Å². The van der Waals surface area contributed by atoms with Gasteiger partial charge < -0.3 is 34.2 Å². The maximum absolute atomic E-state index is 14.7. The minimum Gasteiger partial charge on any atom is -0.372 e. The fraction of sp³-hybridized carbons (Fsp3) is 0.536. The number of aryl methyl sites for hydroxylation is 2. The average molecular weight is 987 g/mol. The van der Waals surface area contributed by atoms with Crippen LogP contribution in [0.25, 0.3) is 11.1 Å². The van der Waals surface area contributed by atoms with Crippen LogP contribution in [0.1, 0.15) is 106 Å². The Morgan fingerprint density at radius 2 is 1.54 bits per heavy atom. The van der Waals surface area contributed by atoms with Crippen molar-refractivity contribution < 1.29 is 13.6 Å². The van der Waals surface area contributed by atoms with Crippen LogP contribution in [0.4, 0.5) is 37.3 Å². The number of aromatic nitrogens is 4. The molecule has 1 atom stereocenters. The number of benzene rings is 3. The van der Waals surface area contributed by atoms with E-state index in [9.17, 15) is 14.0 Å². The van der Waals surface area contributed by atoms with Crippen LogP contribution in [0.5, 0.6) is 0 Å². The van der Waals surface area contributed by atoms with Gasteiger partial charge in [0.2, 0.25) is 0 Å². The summed E-state index contributed by atoms with van der Waals surface area (Å²) in [6.45, 7) is 15.1. The number of hydrogen-bond acceptors (Lipinski definition) is 10. The highest BCUT2D eigenvalue weighted by molar-refractivity contribution is 6.32. The van der Waals surface area contributed by atoms with Crippen molar-refractivity contribution >= 4 is 46.5 Å². The molecule has 8 heterocycles. The van der Waals surface area contributed by atoms with Crippen LogP contribution in [-0.2, 0) is 31.2 Å². The first-order valence-electron chi connectivity index (χ1n) is 26.1. The first-order valence-corrected chi connectivity index (χ1v) is 26.5. The Bertz CT molecular complexity index is 2710. The molecule has 0 aliphatic carbocycles. The summed E-state index contributed by atoms with van der Waals surface area (Å²) < 4.78 is 33.5. The van der Waals surface area contributed by atoms with Gasteiger partial charge in [0.25, 0.3) is 6.43 Å². The lowest BCUT2D eigenvalue weighted by atomic mass is 9.73. The van der Waals surface area contributed by atoms with Gasteiger partial charge in [0.1, 0.15) is 12.4 Å². The van der Waals surface area contributed by atoms with Crippen LogP contribution in [0.3, 0.4) is 0 Å². The number of fused-ring (bicyclic) bond motifs is 2. The van der Waals surface area contributed by atoms with Crippen LogP contribution in [0, 0.1) is 22.7 Å². The minimum atomic E-state index is -2.59. The molecule has 376 valence electrons. The minimum absolute atomic E-state index is 0.0600. The number of likely N-dealkylation sites (N-methyl/N-ethyl adjacent to an activating group) is 1. The number of nitriles is 1. The quantitative estimate of drug-likeness (QED) is 0.133. The lowest BCUT2D eigenvalue weighted by Crippen LogP contribution is -2.46. The van der Waals surface area contributed by atoms with E-state index in [0.717, 1.165) is 132 Å². The zero-order chi connectivity index (χ0) is 49.4. The molecule has 1 unspecified atom stereocenters. The van der Waals surface area contributed by atoms with E-state index in [2.05, 4.69) is 89.6 Å². The monoisotopic (exact) mass is 986 g/mol. The number of halogens is 3. The standard InChI is InChI=1S/C54H66ClF2N11.C2H4O/c1-37-54(19-28-66(37)45-7-6-40(32-58)49(55)30-45)17-26-65(27-18-54)43-10-8-42(9-11-43)64-24-12-38(13-25-64)34-63-22-14-44(15-23-63)68-50-16-21-61(2)36-48(50)53(60-68)67-20-4-5-39-29-46(41-33-59-62(3)35-41)47(52(56)57)31-51(39)67;1-2-3/h6-11,29-31,33,35,37-38,44,52H,4-5,12-28,34,36H2,1-3H3;2H,1H3. The third-order valence-electron chi connectivity index (χ3n) is 17.1. The van der Waals surface area contributed by atoms with Crippen LogP contribution in [-0.4, -0.2) is 114 Å². The second-order valence-electron chi connectivity index (χ2n) is 21.2. The van der Waals surface area contributed by atoms with E-state index in [1.165, 1.54) is 68.2 Å². The van der Waals surface area contributed by atoms with Gasteiger partial charge in [-0.05, 0) is 156 Å². The van der Waals surface area contributed by atoms with Crippen LogP contribution >= 0.6 is 11.6 Å². The molecular weight excluding hydrogens is 916 g/mol. The number of nitrogens with zero attached hydrogens (tertiary/aromatic N) is 11. The lowest BCUT2D eigenvalue weighted by molar-refractivity contribution is -0.106. The third-order valence-corrected chi connectivity index (χ3v) is 17.4. The summed E-state index contributed by atoms with van der Waals surface area (Å²) in [5, 5.41) is 19.6. The molecule has 0 saturated carbocycles. The second kappa shape index (κ2) is 20.9. The largest absolute Gasteiger partial charge is 0.372 e. The van der Waals surface area contributed by atoms with Gasteiger partial charge in [0.15, 0.2) is 5.82 Å². The van der Waals surface area contributed by atoms with Crippen molar-refractivity contribution in [3.63, 3.8) is 0 Å². The van der Waals surface area contributed by atoms with Crippen molar-refractivity contribution in [3.05, 3.63) is 100.0 Å². The average Bonchev–Trinajstić information content (AvgIpc) is 4.08. The molecule has 11 rings (SSSR count). The normalized spacial score (nSPS) is 21.0. The molecule has 2 aromatic heterocycles. The van der Waals surface area contributed by atoms with Gasteiger partial charge in [-0.25, -0.2) is 8.78 Å². The van der Waals surface area contributed by atoms with Gasteiger partial charge in [-0.15, -0.1) is 0 Å². The molecule has 6 aliphatic rings. The molecule has 12 nitrogen and oxygen atoms in total. The first-order chi connectivity index (χ1) is 34.4. The van der Waals surface area contributed by atoms with Gasteiger partial charge in [0.05, 0.1) is 22.8 Å². The van der Waals surface area contributed by atoms with Crippen molar-refractivity contribution in [2.45, 2.75) is 103 Å². The van der Waals surface area contributed by atoms with E-state index in [4.69, 9.17) is 21.5 Å². The highest BCUT2D eigenvalue weighted by Crippen LogP contribution is 2.48. The van der Waals surface area contributed by atoms with E-state index in [0.29, 0.717) is 39.6 Å². The maximum atomic E-state index is 14.7. The van der Waals surface area contributed by atoms with E-state index in [1.54, 1.807) is 16.9 Å². The number of piperidine rings is 3. The molecule has 6 aliphatic heterocycles. The topological polar surface area (TPSA) is 95.9 Å². The van der Waals surface area contributed by atoms with E-state index < -0.39 is 6.43 Å². The number of aldehydes is 1. The molecule has 71 heavy (non-hydrogen) atoms. The van der Waals surface area contributed by atoms with Crippen LogP contribution in [0.2, 0.25) is 5.02 Å². The number of alkyl halides is 2. The predicted molar refractivity (Wildman–Crippen MR) is 280 cm³/mol. The second-order valence-corrected chi connectivity index (χ2v) is 21.6. The Hall–Kier alpha value is -5.49. The fourth-order valence-corrected chi connectivity index (χ4v) is 13.2. The molecule has 5 aromatic rings. The zero-order valence-electron chi connectivity index (χ0n) is 42.0. The summed E-state index contributed by atoms with van der Waals surface area (Å²) in [5.74, 6) is 1.67. The number of likely N-dealkylation sites (tertiary alicyclic amines) is 1. The Labute approximate surface area is 423 Å². The number of hydrogen-bond donors (Lipinski definition) is 0. The zero-order valence-corrected chi connectivity index (χ0v) is 42.8. The smallest absolute Gasteiger partial charge is 0.264 e. The summed E-state index contributed by atoms with van der Waals surface area (Å²) in [6.07, 6.45) is 12.6. The lowest BCUT2D eigenvalue weighted by Gasteiger charge is -2.44. The fourth-order valence-electron chi connectivity index (χ4n) is 13.0. The van der Waals surface area contributed by atoms with Crippen molar-refractivity contribution in [1.82, 2.24) is 29.4 Å². The summed E-state index contributed by atoms with van der Waals surface area (Å²) in [6, 6.07) is 22.0. The van der Waals surface area contributed by atoms with Crippen molar-refractivity contribution in [3.8, 4) is 17.2 Å². The van der Waals surface area contributed by atoms with Gasteiger partial charge >= 0.3 is 0 Å². The highest BCUT2D eigenvalue weighted by atomic mass is 35.5. The van der Waals surface area contributed by atoms with Gasteiger partial charge in [0, 0.05) is 143 Å². The Morgan fingerprint density at radius 1 is 0.859 bits per heavy atom. The van der Waals surface area contributed by atoms with Crippen molar-refractivity contribution in [2.75, 3.05) is 92.1 Å². The van der Waals surface area contributed by atoms with E-state index in [1.807, 2.05) is 31.4 Å². The van der Waals surface area contributed by atoms with Crippen LogP contribution < -0.4 is 19.6 Å². The highest BCUT2D eigenvalue weighted by Gasteiger charge is 2.46. The number of carbonyl (C=O) groups is 1. The summed E-state index contributed by atoms with van der Waals surface area (Å²) in [4.78, 5) is 23.8. The molecule has 0 radical (unpaired) electrons. The summed E-state index contributed by atoms with van der Waals surface area (Å²) in [5.41, 5.74) is 10.6.